The fourth-order valence-electron chi connectivity index (χ4n) is 1.96. The molecule has 1 saturated carbocycles. The van der Waals surface area contributed by atoms with Crippen LogP contribution in [0, 0.1) is 0 Å². The molecule has 1 aliphatic rings. The number of amides is 1. The second-order valence-electron chi connectivity index (χ2n) is 4.04. The summed E-state index contributed by atoms with van der Waals surface area (Å²) in [4.78, 5) is 12.7. The monoisotopic (exact) mass is 365 g/mol. The molecule has 1 amide bonds. The Morgan fingerprint density at radius 3 is 2.56 bits per heavy atom. The Bertz CT molecular complexity index is 366. The molecule has 0 aromatic carbocycles. The molecule has 1 fully saturated rings. The normalized spacial score (nSPS) is 17.4. The highest BCUT2D eigenvalue weighted by molar-refractivity contribution is 9.13. The van der Waals surface area contributed by atoms with E-state index in [9.17, 15) is 4.79 Å². The zero-order valence-electron chi connectivity index (χ0n) is 8.76. The molecule has 0 aliphatic heterocycles. The summed E-state index contributed by atoms with van der Waals surface area (Å²) in [7, 11) is 0. The molecule has 1 N–H and O–H groups in total. The molecule has 0 unspecified atom stereocenters. The van der Waals surface area contributed by atoms with Crippen LogP contribution in [0.1, 0.15) is 41.8 Å². The summed E-state index contributed by atoms with van der Waals surface area (Å²) in [6, 6.07) is 2.24. The van der Waals surface area contributed by atoms with Crippen molar-refractivity contribution in [3.8, 4) is 0 Å². The molecule has 5 heteroatoms. The Morgan fingerprint density at radius 2 is 2.00 bits per heavy atom. The lowest BCUT2D eigenvalue weighted by Crippen LogP contribution is -2.35. The van der Waals surface area contributed by atoms with Crippen LogP contribution in [-0.4, -0.2) is 11.9 Å². The van der Waals surface area contributed by atoms with E-state index in [0.717, 1.165) is 26.0 Å². The van der Waals surface area contributed by atoms with E-state index in [1.54, 1.807) is 0 Å². The highest BCUT2D eigenvalue weighted by atomic mass is 79.9. The highest BCUT2D eigenvalue weighted by Gasteiger charge is 2.18. The number of thiophene rings is 1. The summed E-state index contributed by atoms with van der Waals surface area (Å²) < 4.78 is 1.92. The second-order valence-corrected chi connectivity index (χ2v) is 7.27. The molecule has 1 heterocycles. The molecular weight excluding hydrogens is 354 g/mol. The summed E-state index contributed by atoms with van der Waals surface area (Å²) in [6.07, 6.45) is 6.03. The zero-order valence-corrected chi connectivity index (χ0v) is 12.8. The third-order valence-electron chi connectivity index (χ3n) is 2.81. The molecule has 1 aromatic heterocycles. The molecule has 16 heavy (non-hydrogen) atoms. The first kappa shape index (κ1) is 12.6. The molecule has 2 rings (SSSR count). The van der Waals surface area contributed by atoms with E-state index < -0.39 is 0 Å². The van der Waals surface area contributed by atoms with Crippen LogP contribution in [0.15, 0.2) is 14.3 Å². The minimum Gasteiger partial charge on any atom is -0.349 e. The van der Waals surface area contributed by atoms with Gasteiger partial charge >= 0.3 is 0 Å². The maximum Gasteiger partial charge on any atom is 0.261 e. The minimum absolute atomic E-state index is 0.0586. The maximum atomic E-state index is 11.9. The highest BCUT2D eigenvalue weighted by Crippen LogP contribution is 2.32. The van der Waals surface area contributed by atoms with Crippen molar-refractivity contribution in [2.24, 2.45) is 0 Å². The fourth-order valence-corrected chi connectivity index (χ4v) is 3.90. The lowest BCUT2D eigenvalue weighted by Gasteiger charge is -2.22. The van der Waals surface area contributed by atoms with Crippen LogP contribution in [-0.2, 0) is 0 Å². The molecule has 0 saturated heterocycles. The third kappa shape index (κ3) is 3.08. The average Bonchev–Trinajstić information content (AvgIpc) is 2.61. The van der Waals surface area contributed by atoms with Crippen molar-refractivity contribution >= 4 is 49.1 Å². The summed E-state index contributed by atoms with van der Waals surface area (Å²) in [6.45, 7) is 0. The van der Waals surface area contributed by atoms with Gasteiger partial charge in [0.1, 0.15) is 0 Å². The van der Waals surface area contributed by atoms with Crippen LogP contribution in [0.5, 0.6) is 0 Å². The van der Waals surface area contributed by atoms with Gasteiger partial charge in [0, 0.05) is 10.5 Å². The topological polar surface area (TPSA) is 29.1 Å². The molecule has 2 nitrogen and oxygen atoms in total. The Morgan fingerprint density at radius 1 is 1.31 bits per heavy atom. The number of rotatable bonds is 2. The lowest BCUT2D eigenvalue weighted by molar-refractivity contribution is 0.0932. The summed E-state index contributed by atoms with van der Waals surface area (Å²) >= 11 is 8.26. The number of carbonyl (C=O) groups is 1. The summed E-state index contributed by atoms with van der Waals surface area (Å²) in [5.41, 5.74) is 0. The average molecular weight is 367 g/mol. The third-order valence-corrected chi connectivity index (χ3v) is 6.06. The standard InChI is InChI=1S/C11H13Br2NOS/c12-8-6-9(16-10(8)13)11(15)14-7-4-2-1-3-5-7/h6-7H,1-5H2,(H,14,15). The Hall–Kier alpha value is 0.130. The van der Waals surface area contributed by atoms with Gasteiger partial charge in [0.05, 0.1) is 8.66 Å². The predicted octanol–water partition coefficient (Wildman–Crippen LogP) is 4.34. The molecule has 88 valence electrons. The van der Waals surface area contributed by atoms with Crippen LogP contribution < -0.4 is 5.32 Å². The van der Waals surface area contributed by atoms with Gasteiger partial charge in [0.25, 0.3) is 5.91 Å². The van der Waals surface area contributed by atoms with Crippen LogP contribution in [0.25, 0.3) is 0 Å². The van der Waals surface area contributed by atoms with Crippen LogP contribution in [0.2, 0.25) is 0 Å². The van der Waals surface area contributed by atoms with E-state index in [0.29, 0.717) is 6.04 Å². The predicted molar refractivity (Wildman–Crippen MR) is 74.1 cm³/mol. The smallest absolute Gasteiger partial charge is 0.261 e. The van der Waals surface area contributed by atoms with Gasteiger partial charge in [0.2, 0.25) is 0 Å². The number of hydrogen-bond acceptors (Lipinski definition) is 2. The van der Waals surface area contributed by atoms with E-state index >= 15 is 0 Å². The van der Waals surface area contributed by atoms with E-state index in [1.807, 2.05) is 6.07 Å². The largest absolute Gasteiger partial charge is 0.349 e. The zero-order chi connectivity index (χ0) is 11.5. The molecule has 0 atom stereocenters. The van der Waals surface area contributed by atoms with Crippen molar-refractivity contribution in [1.82, 2.24) is 5.32 Å². The van der Waals surface area contributed by atoms with Gasteiger partial charge in [-0.25, -0.2) is 0 Å². The van der Waals surface area contributed by atoms with Gasteiger partial charge in [-0.05, 0) is 50.8 Å². The van der Waals surface area contributed by atoms with Crippen molar-refractivity contribution in [3.63, 3.8) is 0 Å². The van der Waals surface area contributed by atoms with Crippen molar-refractivity contribution in [1.29, 1.82) is 0 Å². The summed E-state index contributed by atoms with van der Waals surface area (Å²) in [5, 5.41) is 3.11. The first-order valence-electron chi connectivity index (χ1n) is 5.42. The number of nitrogens with one attached hydrogen (secondary N) is 1. The fraction of sp³-hybridized carbons (Fsp3) is 0.545. The van der Waals surface area contributed by atoms with Crippen molar-refractivity contribution in [2.75, 3.05) is 0 Å². The van der Waals surface area contributed by atoms with Gasteiger partial charge in [-0.1, -0.05) is 19.3 Å². The van der Waals surface area contributed by atoms with Gasteiger partial charge in [-0.15, -0.1) is 11.3 Å². The summed E-state index contributed by atoms with van der Waals surface area (Å²) in [5.74, 6) is 0.0586. The lowest BCUT2D eigenvalue weighted by atomic mass is 9.95. The number of hydrogen-bond donors (Lipinski definition) is 1. The van der Waals surface area contributed by atoms with E-state index in [1.165, 1.54) is 30.6 Å². The minimum atomic E-state index is 0.0586. The van der Waals surface area contributed by atoms with Crippen LogP contribution in [0.4, 0.5) is 0 Å². The molecule has 0 bridgehead atoms. The van der Waals surface area contributed by atoms with E-state index in [4.69, 9.17) is 0 Å². The first-order chi connectivity index (χ1) is 7.66. The molecule has 1 aliphatic carbocycles. The Balaban J connectivity index is 1.96. The van der Waals surface area contributed by atoms with Gasteiger partial charge in [-0.3, -0.25) is 4.79 Å². The van der Waals surface area contributed by atoms with Gasteiger partial charge in [-0.2, -0.15) is 0 Å². The Labute approximate surface area is 116 Å². The molecule has 1 aromatic rings. The Kier molecular flexibility index (Phi) is 4.44. The number of carbonyl (C=O) groups excluding carboxylic acids is 1. The van der Waals surface area contributed by atoms with E-state index in [-0.39, 0.29) is 5.91 Å². The first-order valence-corrected chi connectivity index (χ1v) is 7.83. The molecule has 0 radical (unpaired) electrons. The van der Waals surface area contributed by atoms with Crippen molar-refractivity contribution in [3.05, 3.63) is 19.2 Å². The maximum absolute atomic E-state index is 11.9. The van der Waals surface area contributed by atoms with Crippen LogP contribution >= 0.6 is 43.2 Å². The molecular formula is C11H13Br2NOS. The quantitative estimate of drug-likeness (QED) is 0.828. The van der Waals surface area contributed by atoms with E-state index in [2.05, 4.69) is 37.2 Å². The second kappa shape index (κ2) is 5.65. The SMILES string of the molecule is O=C(NC1CCCCC1)c1cc(Br)c(Br)s1. The van der Waals surface area contributed by atoms with Gasteiger partial charge < -0.3 is 5.32 Å². The van der Waals surface area contributed by atoms with Crippen molar-refractivity contribution in [2.45, 2.75) is 38.1 Å². The van der Waals surface area contributed by atoms with Crippen molar-refractivity contribution < 1.29 is 4.79 Å². The molecule has 0 spiro atoms. The van der Waals surface area contributed by atoms with Crippen LogP contribution in [0.3, 0.4) is 0 Å². The number of halogens is 2. The van der Waals surface area contributed by atoms with Gasteiger partial charge in [0.15, 0.2) is 0 Å².